The minimum Gasteiger partial charge on any atom is -0.374 e. The second kappa shape index (κ2) is 13.9. The Labute approximate surface area is 262 Å². The number of nitrogens with two attached hydrogens (primary N) is 1. The summed E-state index contributed by atoms with van der Waals surface area (Å²) in [6.07, 6.45) is 10.0. The van der Waals surface area contributed by atoms with Gasteiger partial charge >= 0.3 is 5.69 Å². The third kappa shape index (κ3) is 7.29. The van der Waals surface area contributed by atoms with Gasteiger partial charge in [0.1, 0.15) is 5.65 Å². The van der Waals surface area contributed by atoms with Crippen LogP contribution in [0.3, 0.4) is 0 Å². The summed E-state index contributed by atoms with van der Waals surface area (Å²) in [5, 5.41) is 15.2. The van der Waals surface area contributed by atoms with Gasteiger partial charge in [0.25, 0.3) is 0 Å². The number of hydrogen-bond acceptors (Lipinski definition) is 5. The summed E-state index contributed by atoms with van der Waals surface area (Å²) in [6.45, 7) is 8.33. The molecule has 1 fully saturated rings. The van der Waals surface area contributed by atoms with Crippen LogP contribution in [-0.4, -0.2) is 39.0 Å². The van der Waals surface area contributed by atoms with E-state index >= 15 is 4.39 Å². The van der Waals surface area contributed by atoms with Crippen molar-refractivity contribution in [3.63, 3.8) is 0 Å². The van der Waals surface area contributed by atoms with Crippen LogP contribution in [0.1, 0.15) is 68.2 Å². The minimum atomic E-state index is -0.522. The van der Waals surface area contributed by atoms with E-state index in [-0.39, 0.29) is 17.1 Å². The zero-order valence-electron chi connectivity index (χ0n) is 25.4. The van der Waals surface area contributed by atoms with Gasteiger partial charge in [-0.1, -0.05) is 30.2 Å². The molecule has 3 atom stereocenters. The minimum absolute atomic E-state index is 0.0455. The Morgan fingerprint density at radius 3 is 2.89 bits per heavy atom. The molecule has 0 amide bonds. The number of halogens is 2. The molecule has 2 aromatic heterocycles. The first kappa shape index (κ1) is 31.6. The predicted octanol–water partition coefficient (Wildman–Crippen LogP) is 6.48. The van der Waals surface area contributed by atoms with Crippen molar-refractivity contribution in [2.75, 3.05) is 6.54 Å². The summed E-state index contributed by atoms with van der Waals surface area (Å²) < 4.78 is 16.7. The van der Waals surface area contributed by atoms with Gasteiger partial charge in [0.2, 0.25) is 0 Å². The third-order valence-electron chi connectivity index (χ3n) is 8.46. The normalized spacial score (nSPS) is 17.5. The Kier molecular flexibility index (Phi) is 9.98. The highest BCUT2D eigenvalue weighted by molar-refractivity contribution is 6.31. The van der Waals surface area contributed by atoms with E-state index in [2.05, 4.69) is 40.2 Å². The Morgan fingerprint density at radius 2 is 2.14 bits per heavy atom. The van der Waals surface area contributed by atoms with Crippen molar-refractivity contribution in [2.45, 2.75) is 76.9 Å². The van der Waals surface area contributed by atoms with Crippen molar-refractivity contribution in [3.8, 4) is 16.9 Å². The van der Waals surface area contributed by atoms with Crippen molar-refractivity contribution in [1.29, 1.82) is 5.41 Å². The molecule has 6 N–H and O–H groups in total. The van der Waals surface area contributed by atoms with Crippen molar-refractivity contribution >= 4 is 28.5 Å². The van der Waals surface area contributed by atoms with Crippen LogP contribution in [0.15, 0.2) is 60.0 Å². The Morgan fingerprint density at radius 1 is 1.32 bits per heavy atom. The van der Waals surface area contributed by atoms with E-state index in [1.165, 1.54) is 10.1 Å². The Balaban J connectivity index is 1.37. The zero-order chi connectivity index (χ0) is 31.4. The van der Waals surface area contributed by atoms with E-state index < -0.39 is 11.5 Å². The highest BCUT2D eigenvalue weighted by atomic mass is 35.5. The molecule has 1 aliphatic rings. The molecule has 4 aromatic rings. The number of nitrogens with one attached hydrogen (secondary N) is 4. The highest BCUT2D eigenvalue weighted by Crippen LogP contribution is 2.32. The fraction of sp³-hybridized carbons (Fsp3) is 0.382. The molecule has 0 aliphatic carbocycles. The molecular formula is C34H41ClFN7O. The van der Waals surface area contributed by atoms with Crippen LogP contribution in [0, 0.1) is 18.2 Å². The smallest absolute Gasteiger partial charge is 0.354 e. The van der Waals surface area contributed by atoms with Crippen molar-refractivity contribution in [2.24, 2.45) is 5.73 Å². The van der Waals surface area contributed by atoms with Gasteiger partial charge in [-0.15, -0.1) is 6.58 Å². The summed E-state index contributed by atoms with van der Waals surface area (Å²) in [4.78, 5) is 20.5. The number of fused-ring (bicyclic) bond motifs is 1. The highest BCUT2D eigenvalue weighted by Gasteiger charge is 2.23. The number of nitrogens with zero attached hydrogens (tertiary/aromatic N) is 2. The van der Waals surface area contributed by atoms with Crippen LogP contribution in [0.4, 0.5) is 4.39 Å². The second-order valence-corrected chi connectivity index (χ2v) is 12.2. The summed E-state index contributed by atoms with van der Waals surface area (Å²) in [5.74, 6) is -0.0318. The van der Waals surface area contributed by atoms with Crippen molar-refractivity contribution in [3.05, 3.63) is 93.3 Å². The molecular weight excluding hydrogens is 577 g/mol. The number of aryl methyl sites for hydroxylation is 2. The summed E-state index contributed by atoms with van der Waals surface area (Å²) in [5.41, 5.74) is 10.7. The number of aromatic amines is 1. The lowest BCUT2D eigenvalue weighted by Gasteiger charge is -2.32. The maximum absolute atomic E-state index is 15.2. The Bertz CT molecular complexity index is 1730. The number of hydrogen-bond donors (Lipinski definition) is 5. The SMILES string of the molecule is C=C[C@H](N)CCCc1cc(Cl)c(F)c(-c2cc3cn(-c4ccc([C@@H]5CCC[C@@H](CCNC(C)=N)N5)c(C)c4)c(=O)nc3[nH]2)c1. The van der Waals surface area contributed by atoms with Crippen LogP contribution < -0.4 is 22.1 Å². The largest absolute Gasteiger partial charge is 0.374 e. The third-order valence-corrected chi connectivity index (χ3v) is 8.74. The average molecular weight is 618 g/mol. The molecule has 0 radical (unpaired) electrons. The van der Waals surface area contributed by atoms with Crippen LogP contribution in [0.5, 0.6) is 0 Å². The van der Waals surface area contributed by atoms with E-state index in [0.29, 0.717) is 40.6 Å². The zero-order valence-corrected chi connectivity index (χ0v) is 26.1. The number of amidine groups is 1. The molecule has 0 spiro atoms. The van der Waals surface area contributed by atoms with Crippen LogP contribution in [-0.2, 0) is 6.42 Å². The topological polar surface area (TPSA) is 125 Å². The monoisotopic (exact) mass is 617 g/mol. The van der Waals surface area contributed by atoms with Crippen LogP contribution in [0.25, 0.3) is 28.0 Å². The fourth-order valence-electron chi connectivity index (χ4n) is 6.10. The average Bonchev–Trinajstić information content (AvgIpc) is 3.40. The summed E-state index contributed by atoms with van der Waals surface area (Å²) in [7, 11) is 0. The number of aromatic nitrogens is 3. The summed E-state index contributed by atoms with van der Waals surface area (Å²) in [6, 6.07) is 11.9. The lowest BCUT2D eigenvalue weighted by atomic mass is 9.90. The maximum atomic E-state index is 15.2. The van der Waals surface area contributed by atoms with E-state index in [4.69, 9.17) is 22.7 Å². The second-order valence-electron chi connectivity index (χ2n) is 11.8. The molecule has 0 unspecified atom stereocenters. The van der Waals surface area contributed by atoms with Gasteiger partial charge in [0.15, 0.2) is 5.82 Å². The first-order valence-electron chi connectivity index (χ1n) is 15.3. The van der Waals surface area contributed by atoms with Gasteiger partial charge in [-0.2, -0.15) is 4.98 Å². The van der Waals surface area contributed by atoms with Crippen molar-refractivity contribution in [1.82, 2.24) is 25.2 Å². The Hall–Kier alpha value is -3.79. The molecule has 0 saturated carbocycles. The molecule has 3 heterocycles. The van der Waals surface area contributed by atoms with Gasteiger partial charge in [-0.05, 0) is 99.4 Å². The summed E-state index contributed by atoms with van der Waals surface area (Å²) >= 11 is 6.28. The van der Waals surface area contributed by atoms with Gasteiger partial charge in [-0.3, -0.25) is 9.98 Å². The first-order valence-corrected chi connectivity index (χ1v) is 15.7. The number of piperidine rings is 1. The van der Waals surface area contributed by atoms with Crippen LogP contribution in [0.2, 0.25) is 5.02 Å². The lowest BCUT2D eigenvalue weighted by Crippen LogP contribution is -2.39. The van der Waals surface area contributed by atoms with Crippen molar-refractivity contribution < 1.29 is 4.39 Å². The maximum Gasteiger partial charge on any atom is 0.354 e. The van der Waals surface area contributed by atoms with Gasteiger partial charge < -0.3 is 21.4 Å². The quantitative estimate of drug-likeness (QED) is 0.0749. The molecule has 1 aliphatic heterocycles. The standard InChI is InChI=1S/C34H41ClFN7O/c1-4-24(38)8-5-7-22-16-28(32(36)29(35)17-22)31-18-23-19-43(34(44)42-33(23)41-31)26-11-12-27(20(2)15-26)30-10-6-9-25(40-30)13-14-39-21(3)37/h4,11-12,15-19,24-25,30,40H,1,5-10,13-14,38H2,2-3H3,(H2,37,39)(H,41,42,44)/t24-,25-,30-/m0/s1. The van der Waals surface area contributed by atoms with Gasteiger partial charge in [0.05, 0.1) is 22.2 Å². The lowest BCUT2D eigenvalue weighted by molar-refractivity contribution is 0.312. The molecule has 0 bridgehead atoms. The van der Waals surface area contributed by atoms with E-state index in [1.807, 2.05) is 12.1 Å². The molecule has 1 saturated heterocycles. The van der Waals surface area contributed by atoms with Gasteiger partial charge in [-0.25, -0.2) is 9.18 Å². The number of benzene rings is 2. The van der Waals surface area contributed by atoms with E-state index in [9.17, 15) is 4.79 Å². The molecule has 10 heteroatoms. The van der Waals surface area contributed by atoms with E-state index in [1.54, 1.807) is 37.4 Å². The molecule has 5 rings (SSSR count). The van der Waals surface area contributed by atoms with Gasteiger partial charge in [0, 0.05) is 41.8 Å². The number of H-pyrrole nitrogens is 1. The first-order chi connectivity index (χ1) is 21.1. The molecule has 232 valence electrons. The molecule has 44 heavy (non-hydrogen) atoms. The fourth-order valence-corrected chi connectivity index (χ4v) is 6.34. The predicted molar refractivity (Wildman–Crippen MR) is 177 cm³/mol. The van der Waals surface area contributed by atoms with Crippen LogP contribution >= 0.6 is 11.6 Å². The molecule has 2 aromatic carbocycles. The molecule has 8 nitrogen and oxygen atoms in total. The number of rotatable bonds is 11. The van der Waals surface area contributed by atoms with E-state index in [0.717, 1.165) is 61.9 Å².